The van der Waals surface area contributed by atoms with Crippen molar-refractivity contribution in [3.05, 3.63) is 53.6 Å². The van der Waals surface area contributed by atoms with Crippen molar-refractivity contribution in [3.8, 4) is 17.2 Å². The molecule has 0 atom stereocenters. The molecule has 2 rings (SSSR count). The van der Waals surface area contributed by atoms with Crippen molar-refractivity contribution >= 4 is 23.9 Å². The van der Waals surface area contributed by atoms with E-state index in [4.69, 9.17) is 4.74 Å². The fourth-order valence-corrected chi connectivity index (χ4v) is 2.01. The highest BCUT2D eigenvalue weighted by molar-refractivity contribution is 5.82. The van der Waals surface area contributed by atoms with Crippen LogP contribution in [-0.2, 0) is 9.59 Å². The van der Waals surface area contributed by atoms with Gasteiger partial charge in [0.1, 0.15) is 23.0 Å². The van der Waals surface area contributed by atoms with Crippen molar-refractivity contribution in [2.75, 3.05) is 0 Å². The average molecular weight is 356 g/mol. The lowest BCUT2D eigenvalue weighted by atomic mass is 10.1. The molecule has 2 aromatic rings. The number of hydrogen-bond donors (Lipinski definition) is 2. The minimum atomic E-state index is -0.441. The average Bonchev–Trinajstić information content (AvgIpc) is 2.60. The van der Waals surface area contributed by atoms with Gasteiger partial charge >= 0.3 is 5.97 Å². The third kappa shape index (κ3) is 7.66. The van der Waals surface area contributed by atoms with Crippen LogP contribution in [0.4, 0.5) is 0 Å². The summed E-state index contributed by atoms with van der Waals surface area (Å²) in [5.41, 5.74) is 1.52. The maximum absolute atomic E-state index is 11.5. The lowest BCUT2D eigenvalue weighted by molar-refractivity contribution is -0.135. The molecule has 0 aliphatic rings. The van der Waals surface area contributed by atoms with Gasteiger partial charge in [-0.2, -0.15) is 0 Å². The van der Waals surface area contributed by atoms with Crippen LogP contribution < -0.4 is 4.74 Å². The first-order valence-corrected chi connectivity index (χ1v) is 8.43. The number of phenolic OH excluding ortho intramolecular Hbond substituents is 2. The van der Waals surface area contributed by atoms with Crippen molar-refractivity contribution in [1.82, 2.24) is 0 Å². The highest BCUT2D eigenvalue weighted by atomic mass is 16.5. The van der Waals surface area contributed by atoms with E-state index in [2.05, 4.69) is 0 Å². The Labute approximate surface area is 153 Å². The smallest absolute Gasteiger partial charge is 0.311 e. The van der Waals surface area contributed by atoms with Gasteiger partial charge in [0.05, 0.1) is 6.42 Å². The number of Topliss-reactive ketones (excluding diaryl/α,β-unsaturated/α-hetero) is 1. The molecule has 0 aromatic heterocycles. The number of phenols is 2. The Hall–Kier alpha value is -3.08. The maximum Gasteiger partial charge on any atom is 0.311 e. The zero-order valence-electron chi connectivity index (χ0n) is 15.2. The van der Waals surface area contributed by atoms with Gasteiger partial charge in [-0.25, -0.2) is 0 Å². The van der Waals surface area contributed by atoms with E-state index < -0.39 is 5.97 Å². The molecule has 0 aliphatic carbocycles. The first kappa shape index (κ1) is 21.0. The molecule has 0 saturated carbocycles. The van der Waals surface area contributed by atoms with E-state index in [1.807, 2.05) is 13.8 Å². The summed E-state index contributed by atoms with van der Waals surface area (Å²) in [4.78, 5) is 22.4. The van der Waals surface area contributed by atoms with Gasteiger partial charge in [-0.15, -0.1) is 0 Å². The molecule has 138 valence electrons. The summed E-state index contributed by atoms with van der Waals surface area (Å²) in [5, 5.41) is 18.9. The van der Waals surface area contributed by atoms with E-state index in [1.54, 1.807) is 36.4 Å². The molecule has 2 N–H and O–H groups in total. The highest BCUT2D eigenvalue weighted by Gasteiger charge is 2.06. The second kappa shape index (κ2) is 10.7. The van der Waals surface area contributed by atoms with E-state index in [1.165, 1.54) is 25.1 Å². The Bertz CT molecular complexity index is 740. The van der Waals surface area contributed by atoms with Crippen LogP contribution in [0.1, 0.15) is 44.7 Å². The van der Waals surface area contributed by atoms with E-state index >= 15 is 0 Å². The molecule has 0 amide bonds. The van der Waals surface area contributed by atoms with Gasteiger partial charge < -0.3 is 19.7 Å². The Morgan fingerprint density at radius 1 is 0.885 bits per heavy atom. The summed E-state index contributed by atoms with van der Waals surface area (Å²) in [6.45, 7) is 5.43. The Morgan fingerprint density at radius 2 is 1.42 bits per heavy atom. The predicted octanol–water partition coefficient (Wildman–Crippen LogP) is 4.57. The first-order chi connectivity index (χ1) is 12.4. The molecule has 0 saturated heterocycles. The molecular formula is C21H24O5. The summed E-state index contributed by atoms with van der Waals surface area (Å²) >= 11 is 0. The fraction of sp³-hybridized carbons (Fsp3) is 0.238. The number of rotatable bonds is 6. The number of ketones is 1. The number of carbonyl (C=O) groups is 2. The number of aromatic hydroxyl groups is 2. The van der Waals surface area contributed by atoms with Gasteiger partial charge in [0.25, 0.3) is 0 Å². The SMILES string of the molecule is CC.CC(=O)CCC(=O)Oc1ccc(/C=C/c2cc(O)cc(O)c2)cc1. The quantitative estimate of drug-likeness (QED) is 0.450. The summed E-state index contributed by atoms with van der Waals surface area (Å²) in [6, 6.07) is 11.2. The third-order valence-electron chi connectivity index (χ3n) is 3.19. The molecule has 0 heterocycles. The van der Waals surface area contributed by atoms with Crippen LogP contribution in [0.3, 0.4) is 0 Å². The molecule has 0 spiro atoms. The van der Waals surface area contributed by atoms with Crippen LogP contribution in [0.25, 0.3) is 12.2 Å². The van der Waals surface area contributed by atoms with Crippen LogP contribution in [0.2, 0.25) is 0 Å². The summed E-state index contributed by atoms with van der Waals surface area (Å²) in [5.74, 6) is -0.102. The summed E-state index contributed by atoms with van der Waals surface area (Å²) in [6.07, 6.45) is 3.79. The van der Waals surface area contributed by atoms with Crippen molar-refractivity contribution in [2.24, 2.45) is 0 Å². The van der Waals surface area contributed by atoms with Crippen LogP contribution in [0, 0.1) is 0 Å². The summed E-state index contributed by atoms with van der Waals surface area (Å²) < 4.78 is 5.13. The fourth-order valence-electron chi connectivity index (χ4n) is 2.01. The van der Waals surface area contributed by atoms with Crippen molar-refractivity contribution in [2.45, 2.75) is 33.6 Å². The van der Waals surface area contributed by atoms with E-state index in [9.17, 15) is 19.8 Å². The molecule has 26 heavy (non-hydrogen) atoms. The van der Waals surface area contributed by atoms with Crippen LogP contribution in [0.5, 0.6) is 17.2 Å². The van der Waals surface area contributed by atoms with Gasteiger partial charge in [0, 0.05) is 12.5 Å². The zero-order valence-corrected chi connectivity index (χ0v) is 15.2. The lowest BCUT2D eigenvalue weighted by Gasteiger charge is -2.04. The predicted molar refractivity (Wildman–Crippen MR) is 102 cm³/mol. The molecule has 2 aromatic carbocycles. The van der Waals surface area contributed by atoms with Gasteiger partial charge in [-0.05, 0) is 42.3 Å². The molecule has 0 aliphatic heterocycles. The van der Waals surface area contributed by atoms with Gasteiger partial charge in [0.15, 0.2) is 0 Å². The minimum absolute atomic E-state index is 0.0116. The molecule has 0 fully saturated rings. The van der Waals surface area contributed by atoms with Crippen LogP contribution in [0.15, 0.2) is 42.5 Å². The number of carbonyl (C=O) groups excluding carboxylic acids is 2. The molecule has 0 unspecified atom stereocenters. The second-order valence-electron chi connectivity index (χ2n) is 5.36. The van der Waals surface area contributed by atoms with Crippen molar-refractivity contribution in [3.63, 3.8) is 0 Å². The third-order valence-corrected chi connectivity index (χ3v) is 3.19. The highest BCUT2D eigenvalue weighted by Crippen LogP contribution is 2.22. The normalized spacial score (nSPS) is 10.1. The first-order valence-electron chi connectivity index (χ1n) is 8.43. The Morgan fingerprint density at radius 3 is 1.96 bits per heavy atom. The van der Waals surface area contributed by atoms with Crippen LogP contribution in [-0.4, -0.2) is 22.0 Å². The number of hydrogen-bond acceptors (Lipinski definition) is 5. The summed E-state index contributed by atoms with van der Waals surface area (Å²) in [7, 11) is 0. The number of ether oxygens (including phenoxy) is 1. The number of benzene rings is 2. The second-order valence-corrected chi connectivity index (χ2v) is 5.36. The van der Waals surface area contributed by atoms with Crippen molar-refractivity contribution < 1.29 is 24.5 Å². The van der Waals surface area contributed by atoms with Gasteiger partial charge in [0.2, 0.25) is 0 Å². The zero-order chi connectivity index (χ0) is 19.5. The van der Waals surface area contributed by atoms with Gasteiger partial charge in [-0.3, -0.25) is 4.79 Å². The van der Waals surface area contributed by atoms with E-state index in [0.29, 0.717) is 11.3 Å². The largest absolute Gasteiger partial charge is 0.508 e. The number of esters is 1. The van der Waals surface area contributed by atoms with Crippen LogP contribution >= 0.6 is 0 Å². The topological polar surface area (TPSA) is 83.8 Å². The van der Waals surface area contributed by atoms with Crippen molar-refractivity contribution in [1.29, 1.82) is 0 Å². The standard InChI is InChI=1S/C19H18O5.C2H6/c1-13(20)2-9-19(23)24-18-7-5-14(6-8-18)3-4-15-10-16(21)12-17(22)11-15;1-2/h3-8,10-12,21-22H,2,9H2,1H3;1-2H3/b4-3+;. The molecule has 5 heteroatoms. The monoisotopic (exact) mass is 356 g/mol. The lowest BCUT2D eigenvalue weighted by Crippen LogP contribution is -2.09. The Balaban J connectivity index is 0.00000163. The maximum atomic E-state index is 11.5. The van der Waals surface area contributed by atoms with E-state index in [0.717, 1.165) is 5.56 Å². The molecular weight excluding hydrogens is 332 g/mol. The van der Waals surface area contributed by atoms with E-state index in [-0.39, 0.29) is 30.1 Å². The minimum Gasteiger partial charge on any atom is -0.508 e. The molecule has 0 radical (unpaired) electrons. The Kier molecular flexibility index (Phi) is 8.64. The molecule has 0 bridgehead atoms. The van der Waals surface area contributed by atoms with Gasteiger partial charge in [-0.1, -0.05) is 38.1 Å². The molecule has 5 nitrogen and oxygen atoms in total.